The Labute approximate surface area is 138 Å². The Morgan fingerprint density at radius 3 is 1.00 bits per heavy atom. The van der Waals surface area contributed by atoms with Crippen molar-refractivity contribution < 1.29 is 81.8 Å². The van der Waals surface area contributed by atoms with Crippen LogP contribution in [0.25, 0.3) is 0 Å². The summed E-state index contributed by atoms with van der Waals surface area (Å²) < 4.78 is 0. The molecule has 0 bridgehead atoms. The molecule has 0 saturated carbocycles. The predicted molar refractivity (Wildman–Crippen MR) is 22.2 cm³/mol. The van der Waals surface area contributed by atoms with Gasteiger partial charge in [0, 0.05) is 29.6 Å². The van der Waals surface area contributed by atoms with Gasteiger partial charge in [0.25, 0.3) is 0 Å². The van der Waals surface area contributed by atoms with Gasteiger partial charge in [-0.15, -0.1) is 0 Å². The van der Waals surface area contributed by atoms with Crippen LogP contribution in [0.2, 0.25) is 0 Å². The van der Waals surface area contributed by atoms with E-state index in [4.69, 9.17) is 15.0 Å². The van der Waals surface area contributed by atoms with Crippen LogP contribution in [0.15, 0.2) is 0 Å². The van der Waals surface area contributed by atoms with Gasteiger partial charge >= 0.3 is 58.8 Å². The molecule has 3 nitrogen and oxygen atoms in total. The van der Waals surface area contributed by atoms with Crippen LogP contribution in [0.4, 0.5) is 4.79 Å². The second-order valence-corrected chi connectivity index (χ2v) is 0.283. The normalized spacial score (nSPS) is 2.40. The Kier molecular flexibility index (Phi) is 213. The SMILES string of the molecule is O=C(O)O.[Cl-].[Cl-].[Cl-].[Mg+2].[Na+].[Na]. The van der Waals surface area contributed by atoms with E-state index in [0.29, 0.717) is 0 Å². The zero-order valence-corrected chi connectivity index (χ0v) is 13.3. The maximum absolute atomic E-state index is 8.56. The fourth-order valence-electron chi connectivity index (χ4n) is 0. The van der Waals surface area contributed by atoms with Crippen molar-refractivity contribution in [3.63, 3.8) is 0 Å². The zero-order valence-electron chi connectivity index (χ0n) is 5.64. The van der Waals surface area contributed by atoms with E-state index in [1.165, 1.54) is 0 Å². The molecule has 2 N–H and O–H groups in total. The van der Waals surface area contributed by atoms with Crippen molar-refractivity contribution in [2.45, 2.75) is 0 Å². The molecular weight excluding hydrogens is 237 g/mol. The van der Waals surface area contributed by atoms with E-state index in [0.717, 1.165) is 0 Å². The minimum atomic E-state index is -1.83. The first-order valence-corrected chi connectivity index (χ1v) is 0.651. The molecule has 10 heavy (non-hydrogen) atoms. The molecule has 0 unspecified atom stereocenters. The van der Waals surface area contributed by atoms with Gasteiger partial charge in [-0.2, -0.15) is 0 Å². The molecule has 0 saturated heterocycles. The monoisotopic (exact) mass is 237 g/mol. The maximum atomic E-state index is 8.56. The fraction of sp³-hybridized carbons (Fsp3) is 0. The predicted octanol–water partition coefficient (Wildman–Crippen LogP) is -12.5. The molecule has 0 spiro atoms. The quantitative estimate of drug-likeness (QED) is 0.412. The Hall–Kier alpha value is 2.91. The van der Waals surface area contributed by atoms with Crippen LogP contribution in [0.5, 0.6) is 0 Å². The number of carboxylic acid groups (broad SMARTS) is 2. The van der Waals surface area contributed by atoms with Gasteiger partial charge in [0.2, 0.25) is 0 Å². The van der Waals surface area contributed by atoms with Gasteiger partial charge in [0.1, 0.15) is 0 Å². The minimum absolute atomic E-state index is 0. The van der Waals surface area contributed by atoms with Crippen LogP contribution in [-0.2, 0) is 0 Å². The van der Waals surface area contributed by atoms with Gasteiger partial charge in [-0.05, 0) is 0 Å². The number of carbonyl (C=O) groups is 1. The summed E-state index contributed by atoms with van der Waals surface area (Å²) in [5.41, 5.74) is 0. The Balaban J connectivity index is -0.00000000300. The average molecular weight is 239 g/mol. The third-order valence-electron chi connectivity index (χ3n) is 0. The molecule has 0 atom stereocenters. The number of rotatable bonds is 0. The van der Waals surface area contributed by atoms with Crippen molar-refractivity contribution in [2.24, 2.45) is 0 Å². The molecule has 0 aliphatic heterocycles. The number of hydrogen-bond acceptors (Lipinski definition) is 1. The van der Waals surface area contributed by atoms with E-state index in [9.17, 15) is 0 Å². The van der Waals surface area contributed by atoms with Gasteiger partial charge in [-0.25, -0.2) is 4.79 Å². The molecule has 49 valence electrons. The van der Waals surface area contributed by atoms with Crippen molar-refractivity contribution in [2.75, 3.05) is 0 Å². The van der Waals surface area contributed by atoms with Crippen molar-refractivity contribution in [1.82, 2.24) is 0 Å². The zero-order chi connectivity index (χ0) is 3.58. The van der Waals surface area contributed by atoms with Crippen molar-refractivity contribution in [3.8, 4) is 0 Å². The number of halogens is 3. The van der Waals surface area contributed by atoms with E-state index in [1.54, 1.807) is 0 Å². The molecule has 0 aromatic rings. The van der Waals surface area contributed by atoms with Crippen molar-refractivity contribution in [1.29, 1.82) is 0 Å². The molecule has 0 aromatic heterocycles. The summed E-state index contributed by atoms with van der Waals surface area (Å²) in [5.74, 6) is 0. The van der Waals surface area contributed by atoms with E-state index < -0.39 is 6.16 Å². The summed E-state index contributed by atoms with van der Waals surface area (Å²) in [6.07, 6.45) is -1.83. The topological polar surface area (TPSA) is 57.5 Å². The molecule has 0 aromatic carbocycles. The van der Waals surface area contributed by atoms with Crippen LogP contribution in [0, 0.1) is 0 Å². The molecule has 1 radical (unpaired) electrons. The molecule has 0 aliphatic carbocycles. The van der Waals surface area contributed by atoms with Crippen LogP contribution in [0.3, 0.4) is 0 Å². The van der Waals surface area contributed by atoms with Gasteiger partial charge in [-0.3, -0.25) is 0 Å². The molecule has 0 amide bonds. The van der Waals surface area contributed by atoms with Crippen molar-refractivity contribution >= 4 is 58.8 Å². The first-order valence-electron chi connectivity index (χ1n) is 0.651. The van der Waals surface area contributed by atoms with Crippen LogP contribution in [0.1, 0.15) is 0 Å². The maximum Gasteiger partial charge on any atom is 2.00 e. The van der Waals surface area contributed by atoms with Crippen LogP contribution >= 0.6 is 0 Å². The second-order valence-electron chi connectivity index (χ2n) is 0.283. The van der Waals surface area contributed by atoms with Gasteiger partial charge in [-0.1, -0.05) is 0 Å². The van der Waals surface area contributed by atoms with Crippen LogP contribution in [-0.4, -0.2) is 69.0 Å². The fourth-order valence-corrected chi connectivity index (χ4v) is 0. The second kappa shape index (κ2) is 40.6. The standard InChI is InChI=1S/CH2O3.3ClH.Mg.2Na/c2-1(3)4;;;;;;/h(H2,2,3,4);3*1H;;;/q;;;;+2;;+1/p-3. The molecule has 0 heterocycles. The van der Waals surface area contributed by atoms with E-state index in [1.807, 2.05) is 0 Å². The summed E-state index contributed by atoms with van der Waals surface area (Å²) in [6.45, 7) is 0. The molecule has 0 aliphatic rings. The average Bonchev–Trinajstić information content (AvgIpc) is 0.811. The molecule has 0 rings (SSSR count). The van der Waals surface area contributed by atoms with E-state index >= 15 is 0 Å². The molecular formula is CH2Cl3MgNa2O3. The minimum Gasteiger partial charge on any atom is -1.00 e. The number of hydrogen-bond donors (Lipinski definition) is 2. The summed E-state index contributed by atoms with van der Waals surface area (Å²) in [7, 11) is 0. The van der Waals surface area contributed by atoms with Gasteiger partial charge < -0.3 is 47.4 Å². The first-order chi connectivity index (χ1) is 1.73. The first kappa shape index (κ1) is 52.4. The van der Waals surface area contributed by atoms with Gasteiger partial charge in [0.05, 0.1) is 0 Å². The van der Waals surface area contributed by atoms with E-state index in [-0.39, 0.29) is 119 Å². The molecule has 9 heteroatoms. The largest absolute Gasteiger partial charge is 2.00 e. The third-order valence-corrected chi connectivity index (χ3v) is 0. The molecule has 0 fully saturated rings. The Bertz CT molecular complexity index is 44.7. The van der Waals surface area contributed by atoms with Gasteiger partial charge in [0.15, 0.2) is 0 Å². The Morgan fingerprint density at radius 2 is 1.00 bits per heavy atom. The Morgan fingerprint density at radius 1 is 1.00 bits per heavy atom. The third kappa shape index (κ3) is 127. The smallest absolute Gasteiger partial charge is 1.00 e. The van der Waals surface area contributed by atoms with Crippen LogP contribution < -0.4 is 66.8 Å². The summed E-state index contributed by atoms with van der Waals surface area (Å²) in [6, 6.07) is 0. The van der Waals surface area contributed by atoms with E-state index in [2.05, 4.69) is 0 Å². The van der Waals surface area contributed by atoms with Crippen molar-refractivity contribution in [3.05, 3.63) is 0 Å². The summed E-state index contributed by atoms with van der Waals surface area (Å²) in [5, 5.41) is 13.9. The summed E-state index contributed by atoms with van der Waals surface area (Å²) >= 11 is 0. The summed E-state index contributed by atoms with van der Waals surface area (Å²) in [4.78, 5) is 8.56.